The SMILES string of the molecule is CC(C)(C)OC(=O)CC1(c2ccc(Br)s2)CCCCS1. The summed E-state index contributed by atoms with van der Waals surface area (Å²) in [5, 5.41) is 0. The average molecular weight is 377 g/mol. The number of halogens is 1. The van der Waals surface area contributed by atoms with E-state index in [1.165, 1.54) is 17.7 Å². The van der Waals surface area contributed by atoms with Crippen molar-refractivity contribution in [1.29, 1.82) is 0 Å². The smallest absolute Gasteiger partial charge is 0.308 e. The molecular formula is C15H21BrO2S2. The van der Waals surface area contributed by atoms with Gasteiger partial charge < -0.3 is 4.74 Å². The van der Waals surface area contributed by atoms with Gasteiger partial charge in [-0.25, -0.2) is 0 Å². The maximum Gasteiger partial charge on any atom is 0.308 e. The molecule has 0 N–H and O–H groups in total. The van der Waals surface area contributed by atoms with Crippen molar-refractivity contribution in [2.75, 3.05) is 5.75 Å². The number of hydrogen-bond acceptors (Lipinski definition) is 4. The number of carbonyl (C=O) groups excluding carboxylic acids is 1. The molecule has 1 unspecified atom stereocenters. The maximum atomic E-state index is 12.3. The lowest BCUT2D eigenvalue weighted by atomic mass is 9.95. The third-order valence-electron chi connectivity index (χ3n) is 3.23. The van der Waals surface area contributed by atoms with Gasteiger partial charge in [-0.15, -0.1) is 23.1 Å². The van der Waals surface area contributed by atoms with Crippen LogP contribution in [0, 0.1) is 0 Å². The first kappa shape index (κ1) is 16.4. The highest BCUT2D eigenvalue weighted by Crippen LogP contribution is 2.50. The van der Waals surface area contributed by atoms with Crippen LogP contribution in [0.4, 0.5) is 0 Å². The van der Waals surface area contributed by atoms with Crippen LogP contribution in [0.3, 0.4) is 0 Å². The van der Waals surface area contributed by atoms with Gasteiger partial charge in [0.05, 0.1) is 15.0 Å². The van der Waals surface area contributed by atoms with Crippen molar-refractivity contribution in [1.82, 2.24) is 0 Å². The third-order valence-corrected chi connectivity index (χ3v) is 6.80. The predicted molar refractivity (Wildman–Crippen MR) is 90.5 cm³/mol. The van der Waals surface area contributed by atoms with Gasteiger partial charge in [-0.1, -0.05) is 6.42 Å². The summed E-state index contributed by atoms with van der Waals surface area (Å²) in [5.41, 5.74) is -0.409. The van der Waals surface area contributed by atoms with Crippen molar-refractivity contribution in [2.24, 2.45) is 0 Å². The number of carbonyl (C=O) groups is 1. The van der Waals surface area contributed by atoms with Gasteiger partial charge >= 0.3 is 5.97 Å². The summed E-state index contributed by atoms with van der Waals surface area (Å²) in [6.45, 7) is 5.77. The molecule has 1 fully saturated rings. The standard InChI is InChI=1S/C15H21BrO2S2/c1-14(2,3)18-13(17)10-15(8-4-5-9-19-15)11-6-7-12(16)20-11/h6-7H,4-5,8-10H2,1-3H3. The van der Waals surface area contributed by atoms with Crippen LogP contribution in [0.2, 0.25) is 0 Å². The van der Waals surface area contributed by atoms with Crippen LogP contribution in [0.15, 0.2) is 15.9 Å². The van der Waals surface area contributed by atoms with E-state index < -0.39 is 5.60 Å². The Kier molecular flexibility index (Phi) is 5.24. The second-order valence-corrected chi connectivity index (χ2v) is 10.1. The molecule has 0 saturated carbocycles. The van der Waals surface area contributed by atoms with Gasteiger partial charge in [0.15, 0.2) is 0 Å². The molecule has 1 aromatic rings. The molecule has 0 amide bonds. The Morgan fingerprint density at radius 3 is 2.65 bits per heavy atom. The molecule has 0 aromatic carbocycles. The van der Waals surface area contributed by atoms with Crippen molar-refractivity contribution in [3.63, 3.8) is 0 Å². The minimum absolute atomic E-state index is 0.0860. The topological polar surface area (TPSA) is 26.3 Å². The zero-order valence-corrected chi connectivity index (χ0v) is 15.4. The molecule has 0 bridgehead atoms. The second-order valence-electron chi connectivity index (χ2n) is 6.17. The van der Waals surface area contributed by atoms with Crippen molar-refractivity contribution in [2.45, 2.75) is 56.8 Å². The fourth-order valence-electron chi connectivity index (χ4n) is 2.44. The average Bonchev–Trinajstić information content (AvgIpc) is 2.75. The second kappa shape index (κ2) is 6.41. The predicted octanol–water partition coefficient (Wildman–Crippen LogP) is 5.35. The minimum Gasteiger partial charge on any atom is -0.460 e. The maximum absolute atomic E-state index is 12.3. The van der Waals surface area contributed by atoms with Gasteiger partial charge in [-0.05, 0) is 67.4 Å². The molecule has 2 heterocycles. The highest BCUT2D eigenvalue weighted by atomic mass is 79.9. The zero-order chi connectivity index (χ0) is 14.8. The van der Waals surface area contributed by atoms with E-state index in [0.717, 1.165) is 16.0 Å². The Labute approximate surface area is 137 Å². The molecule has 112 valence electrons. The summed E-state index contributed by atoms with van der Waals surface area (Å²) in [5.74, 6) is 1.04. The lowest BCUT2D eigenvalue weighted by molar-refractivity contribution is -0.155. The summed E-state index contributed by atoms with van der Waals surface area (Å²) in [4.78, 5) is 13.6. The van der Waals surface area contributed by atoms with Crippen LogP contribution in [-0.4, -0.2) is 17.3 Å². The normalized spacial score (nSPS) is 23.6. The highest BCUT2D eigenvalue weighted by molar-refractivity contribution is 9.11. The lowest BCUT2D eigenvalue weighted by Crippen LogP contribution is -2.32. The van der Waals surface area contributed by atoms with E-state index in [1.54, 1.807) is 11.3 Å². The zero-order valence-electron chi connectivity index (χ0n) is 12.2. The van der Waals surface area contributed by atoms with Crippen molar-refractivity contribution < 1.29 is 9.53 Å². The third kappa shape index (κ3) is 4.25. The molecule has 0 spiro atoms. The number of ether oxygens (including phenoxy) is 1. The molecule has 0 radical (unpaired) electrons. The molecule has 1 atom stereocenters. The summed E-state index contributed by atoms with van der Waals surface area (Å²) < 4.78 is 6.58. The van der Waals surface area contributed by atoms with Crippen molar-refractivity contribution in [3.05, 3.63) is 20.8 Å². The fraction of sp³-hybridized carbons (Fsp3) is 0.667. The largest absolute Gasteiger partial charge is 0.460 e. The minimum atomic E-state index is -0.409. The van der Waals surface area contributed by atoms with E-state index in [-0.39, 0.29) is 10.7 Å². The Balaban J connectivity index is 2.18. The molecule has 5 heteroatoms. The van der Waals surface area contributed by atoms with Crippen LogP contribution < -0.4 is 0 Å². The Bertz CT molecular complexity index is 470. The first-order valence-electron chi connectivity index (χ1n) is 6.92. The van der Waals surface area contributed by atoms with Gasteiger partial charge in [0.25, 0.3) is 0 Å². The van der Waals surface area contributed by atoms with Gasteiger partial charge in [-0.3, -0.25) is 4.79 Å². The Morgan fingerprint density at radius 1 is 1.40 bits per heavy atom. The first-order valence-corrected chi connectivity index (χ1v) is 9.52. The van der Waals surface area contributed by atoms with Gasteiger partial charge in [-0.2, -0.15) is 0 Å². The van der Waals surface area contributed by atoms with E-state index >= 15 is 0 Å². The van der Waals surface area contributed by atoms with Crippen molar-refractivity contribution >= 4 is 45.0 Å². The number of thiophene rings is 1. The quantitative estimate of drug-likeness (QED) is 0.664. The number of esters is 1. The van der Waals surface area contributed by atoms with Gasteiger partial charge in [0, 0.05) is 4.88 Å². The van der Waals surface area contributed by atoms with E-state index in [4.69, 9.17) is 4.74 Å². The monoisotopic (exact) mass is 376 g/mol. The summed E-state index contributed by atoms with van der Waals surface area (Å²) in [6, 6.07) is 4.23. The first-order chi connectivity index (χ1) is 9.31. The number of thioether (sulfide) groups is 1. The van der Waals surface area contributed by atoms with E-state index in [2.05, 4.69) is 28.1 Å². The van der Waals surface area contributed by atoms with Crippen LogP contribution >= 0.6 is 39.0 Å². The van der Waals surface area contributed by atoms with Gasteiger partial charge in [0.1, 0.15) is 5.60 Å². The van der Waals surface area contributed by atoms with E-state index in [9.17, 15) is 4.79 Å². The van der Waals surface area contributed by atoms with Crippen LogP contribution in [-0.2, 0) is 14.3 Å². The van der Waals surface area contributed by atoms with Crippen molar-refractivity contribution in [3.8, 4) is 0 Å². The summed E-state index contributed by atoms with van der Waals surface area (Å²) in [6.07, 6.45) is 3.96. The summed E-state index contributed by atoms with van der Waals surface area (Å²) >= 11 is 7.19. The molecule has 1 aliphatic heterocycles. The Hall–Kier alpha value is -0.000000000000000111. The number of rotatable bonds is 3. The molecule has 20 heavy (non-hydrogen) atoms. The van der Waals surface area contributed by atoms with Crippen LogP contribution in [0.1, 0.15) is 51.3 Å². The molecular weight excluding hydrogens is 356 g/mol. The molecule has 1 saturated heterocycles. The number of hydrogen-bond donors (Lipinski definition) is 0. The lowest BCUT2D eigenvalue weighted by Gasteiger charge is -2.36. The van der Waals surface area contributed by atoms with Crippen LogP contribution in [0.25, 0.3) is 0 Å². The molecule has 1 aromatic heterocycles. The molecule has 1 aliphatic rings. The van der Waals surface area contributed by atoms with E-state index in [0.29, 0.717) is 6.42 Å². The molecule has 2 rings (SSSR count). The van der Waals surface area contributed by atoms with Gasteiger partial charge in [0.2, 0.25) is 0 Å². The van der Waals surface area contributed by atoms with Crippen LogP contribution in [0.5, 0.6) is 0 Å². The highest BCUT2D eigenvalue weighted by Gasteiger charge is 2.39. The van der Waals surface area contributed by atoms with E-state index in [1.807, 2.05) is 32.5 Å². The Morgan fingerprint density at radius 2 is 2.15 bits per heavy atom. The fourth-order valence-corrected chi connectivity index (χ4v) is 5.70. The molecule has 0 aliphatic carbocycles. The molecule has 2 nitrogen and oxygen atoms in total. The summed E-state index contributed by atoms with van der Waals surface area (Å²) in [7, 11) is 0.